The number of nitrogens with two attached hydrogens (primary N) is 1. The van der Waals surface area contributed by atoms with E-state index < -0.39 is 10.0 Å². The van der Waals surface area contributed by atoms with Gasteiger partial charge in [0.2, 0.25) is 10.0 Å². The molecule has 1 aliphatic carbocycles. The van der Waals surface area contributed by atoms with Crippen LogP contribution in [0.1, 0.15) is 32.6 Å². The summed E-state index contributed by atoms with van der Waals surface area (Å²) in [5, 5.41) is 0. The molecule has 0 spiro atoms. The van der Waals surface area contributed by atoms with Gasteiger partial charge in [0.1, 0.15) is 5.75 Å². The lowest BCUT2D eigenvalue weighted by Crippen LogP contribution is -2.44. The summed E-state index contributed by atoms with van der Waals surface area (Å²) in [6.45, 7) is 2.73. The van der Waals surface area contributed by atoms with Crippen LogP contribution < -0.4 is 15.2 Å². The van der Waals surface area contributed by atoms with E-state index in [4.69, 9.17) is 10.5 Å². The lowest BCUT2D eigenvalue weighted by Gasteiger charge is -2.23. The molecule has 0 heterocycles. The van der Waals surface area contributed by atoms with Crippen LogP contribution in [0.3, 0.4) is 0 Å². The van der Waals surface area contributed by atoms with E-state index in [2.05, 4.69) is 20.7 Å². The lowest BCUT2D eigenvalue weighted by atomic mass is 9.99. The highest BCUT2D eigenvalue weighted by atomic mass is 79.9. The van der Waals surface area contributed by atoms with Crippen molar-refractivity contribution in [3.05, 3.63) is 22.7 Å². The van der Waals surface area contributed by atoms with Crippen LogP contribution in [0.25, 0.3) is 0 Å². The summed E-state index contributed by atoms with van der Waals surface area (Å²) < 4.78 is 33.9. The Kier molecular flexibility index (Phi) is 6.26. The SMILES string of the molecule is CCOc1ccc(S(=O)(=O)NC(CN)C2CCCC2)cc1Br. The molecule has 0 saturated heterocycles. The van der Waals surface area contributed by atoms with Gasteiger partial charge in [-0.25, -0.2) is 13.1 Å². The Bertz CT molecular complexity index is 601. The fourth-order valence-corrected chi connectivity index (χ4v) is 4.87. The van der Waals surface area contributed by atoms with Crippen LogP contribution in [-0.4, -0.2) is 27.6 Å². The Labute approximate surface area is 140 Å². The van der Waals surface area contributed by atoms with E-state index in [1.54, 1.807) is 18.2 Å². The Morgan fingerprint density at radius 1 is 1.41 bits per heavy atom. The van der Waals surface area contributed by atoms with Crippen LogP contribution in [0.15, 0.2) is 27.6 Å². The Balaban J connectivity index is 2.16. The van der Waals surface area contributed by atoms with Crippen molar-refractivity contribution in [2.75, 3.05) is 13.2 Å². The van der Waals surface area contributed by atoms with Gasteiger partial charge in [-0.1, -0.05) is 12.8 Å². The average molecular weight is 391 g/mol. The number of hydrogen-bond donors (Lipinski definition) is 2. The zero-order valence-electron chi connectivity index (χ0n) is 12.7. The van der Waals surface area contributed by atoms with Gasteiger partial charge in [0.15, 0.2) is 0 Å². The molecular weight excluding hydrogens is 368 g/mol. The second kappa shape index (κ2) is 7.77. The fraction of sp³-hybridized carbons (Fsp3) is 0.600. The molecule has 1 aromatic carbocycles. The summed E-state index contributed by atoms with van der Waals surface area (Å²) in [6.07, 6.45) is 4.38. The van der Waals surface area contributed by atoms with E-state index in [0.29, 0.717) is 29.3 Å². The highest BCUT2D eigenvalue weighted by Gasteiger charge is 2.28. The molecule has 0 amide bonds. The van der Waals surface area contributed by atoms with Crippen LogP contribution in [0.5, 0.6) is 5.75 Å². The van der Waals surface area contributed by atoms with Crippen molar-refractivity contribution >= 4 is 26.0 Å². The normalized spacial score (nSPS) is 17.6. The second-order valence-electron chi connectivity index (χ2n) is 5.53. The number of nitrogens with one attached hydrogen (secondary N) is 1. The molecule has 0 bridgehead atoms. The van der Waals surface area contributed by atoms with Gasteiger partial charge in [-0.3, -0.25) is 0 Å². The van der Waals surface area contributed by atoms with Crippen LogP contribution in [0, 0.1) is 5.92 Å². The molecule has 2 rings (SSSR count). The third kappa shape index (κ3) is 4.22. The van der Waals surface area contributed by atoms with Crippen molar-refractivity contribution < 1.29 is 13.2 Å². The maximum atomic E-state index is 12.6. The summed E-state index contributed by atoms with van der Waals surface area (Å²) in [5.74, 6) is 0.971. The largest absolute Gasteiger partial charge is 0.493 e. The minimum absolute atomic E-state index is 0.196. The van der Waals surface area contributed by atoms with Gasteiger partial charge >= 0.3 is 0 Å². The van der Waals surface area contributed by atoms with E-state index in [9.17, 15) is 8.42 Å². The summed E-state index contributed by atoms with van der Waals surface area (Å²) >= 11 is 3.35. The van der Waals surface area contributed by atoms with Crippen molar-refractivity contribution in [1.29, 1.82) is 0 Å². The molecule has 1 unspecified atom stereocenters. The molecule has 124 valence electrons. The molecule has 1 saturated carbocycles. The van der Waals surface area contributed by atoms with Gasteiger partial charge in [-0.2, -0.15) is 0 Å². The summed E-state index contributed by atoms with van der Waals surface area (Å²) in [5.41, 5.74) is 5.78. The maximum Gasteiger partial charge on any atom is 0.240 e. The third-order valence-electron chi connectivity index (χ3n) is 4.04. The van der Waals surface area contributed by atoms with E-state index >= 15 is 0 Å². The Hall–Kier alpha value is -0.630. The standard InChI is InChI=1S/C15H23BrN2O3S/c1-2-21-15-8-7-12(9-13(15)16)22(19,20)18-14(10-17)11-5-3-4-6-11/h7-9,11,14,18H,2-6,10,17H2,1H3. The average Bonchev–Trinajstić information content (AvgIpc) is 3.01. The highest BCUT2D eigenvalue weighted by Crippen LogP contribution is 2.30. The fourth-order valence-electron chi connectivity index (χ4n) is 2.89. The molecular formula is C15H23BrN2O3S. The first-order valence-electron chi connectivity index (χ1n) is 7.62. The maximum absolute atomic E-state index is 12.6. The number of halogens is 1. The van der Waals surface area contributed by atoms with Crippen molar-refractivity contribution in [2.45, 2.75) is 43.5 Å². The predicted molar refractivity (Wildman–Crippen MR) is 90.4 cm³/mol. The third-order valence-corrected chi connectivity index (χ3v) is 6.15. The van der Waals surface area contributed by atoms with Crippen molar-refractivity contribution in [3.8, 4) is 5.75 Å². The number of sulfonamides is 1. The number of benzene rings is 1. The first kappa shape index (κ1) is 17.7. The van der Waals surface area contributed by atoms with Gasteiger partial charge < -0.3 is 10.5 Å². The number of ether oxygens (including phenoxy) is 1. The van der Waals surface area contributed by atoms with Gasteiger partial charge in [0, 0.05) is 12.6 Å². The van der Waals surface area contributed by atoms with E-state index in [-0.39, 0.29) is 10.9 Å². The quantitative estimate of drug-likeness (QED) is 0.749. The summed E-state index contributed by atoms with van der Waals surface area (Å²) in [7, 11) is -3.58. The zero-order chi connectivity index (χ0) is 16.2. The van der Waals surface area contributed by atoms with Crippen LogP contribution in [0.2, 0.25) is 0 Å². The molecule has 1 atom stereocenters. The van der Waals surface area contributed by atoms with Crippen molar-refractivity contribution in [3.63, 3.8) is 0 Å². The molecule has 0 radical (unpaired) electrons. The van der Waals surface area contributed by atoms with Gasteiger partial charge in [0.05, 0.1) is 16.0 Å². The number of hydrogen-bond acceptors (Lipinski definition) is 4. The molecule has 1 aromatic rings. The van der Waals surface area contributed by atoms with Crippen LogP contribution >= 0.6 is 15.9 Å². The molecule has 0 aliphatic heterocycles. The second-order valence-corrected chi connectivity index (χ2v) is 8.10. The Morgan fingerprint density at radius 3 is 2.64 bits per heavy atom. The zero-order valence-corrected chi connectivity index (χ0v) is 15.1. The van der Waals surface area contributed by atoms with Gasteiger partial charge in [0.25, 0.3) is 0 Å². The number of rotatable bonds is 7. The topological polar surface area (TPSA) is 81.4 Å². The predicted octanol–water partition coefficient (Wildman–Crippen LogP) is 2.64. The first-order valence-corrected chi connectivity index (χ1v) is 9.90. The molecule has 5 nitrogen and oxygen atoms in total. The molecule has 3 N–H and O–H groups in total. The summed E-state index contributed by atoms with van der Waals surface area (Å²) in [4.78, 5) is 0.222. The first-order chi connectivity index (χ1) is 10.5. The summed E-state index contributed by atoms with van der Waals surface area (Å²) in [6, 6.07) is 4.59. The monoisotopic (exact) mass is 390 g/mol. The van der Waals surface area contributed by atoms with Crippen LogP contribution in [-0.2, 0) is 10.0 Å². The molecule has 1 aliphatic rings. The van der Waals surface area contributed by atoms with Crippen molar-refractivity contribution in [1.82, 2.24) is 4.72 Å². The van der Waals surface area contributed by atoms with Crippen LogP contribution in [0.4, 0.5) is 0 Å². The molecule has 0 aromatic heterocycles. The lowest BCUT2D eigenvalue weighted by molar-refractivity contribution is 0.338. The van der Waals surface area contributed by atoms with E-state index in [1.165, 1.54) is 0 Å². The molecule has 1 fully saturated rings. The Morgan fingerprint density at radius 2 is 2.09 bits per heavy atom. The molecule has 7 heteroatoms. The minimum atomic E-state index is -3.58. The minimum Gasteiger partial charge on any atom is -0.493 e. The molecule has 22 heavy (non-hydrogen) atoms. The van der Waals surface area contributed by atoms with Gasteiger partial charge in [-0.15, -0.1) is 0 Å². The smallest absolute Gasteiger partial charge is 0.240 e. The highest BCUT2D eigenvalue weighted by molar-refractivity contribution is 9.10. The van der Waals surface area contributed by atoms with E-state index in [0.717, 1.165) is 25.7 Å². The van der Waals surface area contributed by atoms with Crippen molar-refractivity contribution in [2.24, 2.45) is 11.7 Å². The van der Waals surface area contributed by atoms with Gasteiger partial charge in [-0.05, 0) is 59.8 Å². The van der Waals surface area contributed by atoms with E-state index in [1.807, 2.05) is 6.92 Å².